The van der Waals surface area contributed by atoms with Gasteiger partial charge < -0.3 is 14.8 Å². The van der Waals surface area contributed by atoms with Gasteiger partial charge in [0.15, 0.2) is 0 Å². The lowest BCUT2D eigenvalue weighted by Gasteiger charge is -2.04. The van der Waals surface area contributed by atoms with E-state index in [1.54, 1.807) is 0 Å². The highest BCUT2D eigenvalue weighted by molar-refractivity contribution is 9.10. The molecule has 0 saturated heterocycles. The van der Waals surface area contributed by atoms with E-state index in [-0.39, 0.29) is 11.0 Å². The molecular weight excluding hydrogens is 251 g/mol. The van der Waals surface area contributed by atoms with Gasteiger partial charge in [0.05, 0.1) is 12.7 Å². The summed E-state index contributed by atoms with van der Waals surface area (Å²) in [6.07, 6.45) is 0. The summed E-state index contributed by atoms with van der Waals surface area (Å²) in [5, 5.41) is 17.8. The molecule has 0 amide bonds. The number of carbonyl (C=O) groups excluding carboxylic acids is 1. The van der Waals surface area contributed by atoms with E-state index < -0.39 is 13.1 Å². The molecule has 0 radical (unpaired) electrons. The number of esters is 1. The number of benzene rings is 1. The fourth-order valence-corrected chi connectivity index (χ4v) is 1.51. The molecule has 6 heteroatoms. The number of hydrogen-bond acceptors (Lipinski definition) is 4. The number of carbonyl (C=O) groups is 1. The molecule has 0 atom stereocenters. The van der Waals surface area contributed by atoms with Crippen LogP contribution in [0.4, 0.5) is 0 Å². The minimum absolute atomic E-state index is 0.236. The Kier molecular flexibility index (Phi) is 3.68. The van der Waals surface area contributed by atoms with Gasteiger partial charge in [-0.05, 0) is 23.7 Å². The second-order valence-electron chi connectivity index (χ2n) is 2.64. The van der Waals surface area contributed by atoms with E-state index >= 15 is 0 Å². The lowest BCUT2D eigenvalue weighted by atomic mass is 9.79. The predicted molar refractivity (Wildman–Crippen MR) is 55.3 cm³/mol. The van der Waals surface area contributed by atoms with Gasteiger partial charge in [0, 0.05) is 4.47 Å². The number of rotatable bonds is 2. The second-order valence-corrected chi connectivity index (χ2v) is 3.55. The molecule has 1 aromatic rings. The quantitative estimate of drug-likeness (QED) is 0.575. The molecule has 0 aromatic heterocycles. The van der Waals surface area contributed by atoms with Gasteiger partial charge in [-0.25, -0.2) is 4.79 Å². The second kappa shape index (κ2) is 4.59. The van der Waals surface area contributed by atoms with Crippen LogP contribution in [-0.4, -0.2) is 30.2 Å². The number of methoxy groups -OCH3 is 1. The zero-order valence-electron chi connectivity index (χ0n) is 7.40. The van der Waals surface area contributed by atoms with E-state index in [9.17, 15) is 4.79 Å². The smallest absolute Gasteiger partial charge is 0.465 e. The van der Waals surface area contributed by atoms with Crippen molar-refractivity contribution in [1.82, 2.24) is 0 Å². The molecule has 14 heavy (non-hydrogen) atoms. The number of ether oxygens (including phenoxy) is 1. The van der Waals surface area contributed by atoms with Crippen molar-refractivity contribution in [2.45, 2.75) is 0 Å². The monoisotopic (exact) mass is 258 g/mol. The topological polar surface area (TPSA) is 66.8 Å². The van der Waals surface area contributed by atoms with E-state index in [0.717, 1.165) is 0 Å². The van der Waals surface area contributed by atoms with Gasteiger partial charge in [-0.15, -0.1) is 0 Å². The van der Waals surface area contributed by atoms with Crippen LogP contribution in [0.15, 0.2) is 22.7 Å². The summed E-state index contributed by atoms with van der Waals surface area (Å²) in [4.78, 5) is 11.1. The third kappa shape index (κ3) is 2.57. The lowest BCUT2D eigenvalue weighted by molar-refractivity contribution is 0.0601. The van der Waals surface area contributed by atoms with Crippen LogP contribution in [0.1, 0.15) is 10.4 Å². The minimum Gasteiger partial charge on any atom is -0.465 e. The highest BCUT2D eigenvalue weighted by Crippen LogP contribution is 2.11. The van der Waals surface area contributed by atoms with E-state index in [4.69, 9.17) is 10.0 Å². The predicted octanol–water partition coefficient (Wildman–Crippen LogP) is -0.0845. The van der Waals surface area contributed by atoms with Crippen LogP contribution in [0, 0.1) is 0 Å². The molecule has 1 aromatic carbocycles. The molecule has 1 rings (SSSR count). The molecular formula is C8H8BBrO4. The molecule has 0 fully saturated rings. The third-order valence-electron chi connectivity index (χ3n) is 1.64. The van der Waals surface area contributed by atoms with Crippen LogP contribution in [0.5, 0.6) is 0 Å². The van der Waals surface area contributed by atoms with Gasteiger partial charge in [0.2, 0.25) is 0 Å². The molecule has 2 N–H and O–H groups in total. The molecule has 0 aliphatic carbocycles. The average molecular weight is 259 g/mol. The molecule has 0 saturated carbocycles. The Hall–Kier alpha value is -0.845. The summed E-state index contributed by atoms with van der Waals surface area (Å²) in [5.74, 6) is -0.520. The molecule has 0 spiro atoms. The first-order chi connectivity index (χ1) is 6.54. The maximum absolute atomic E-state index is 11.1. The third-order valence-corrected chi connectivity index (χ3v) is 2.10. The standard InChI is InChI=1S/C8H8BBrO4/c1-14-8(11)5-2-6(9(12)13)4-7(10)3-5/h2-4,12-13H,1H3. The van der Waals surface area contributed by atoms with Crippen molar-refractivity contribution in [3.05, 3.63) is 28.2 Å². The van der Waals surface area contributed by atoms with Crippen molar-refractivity contribution in [3.8, 4) is 0 Å². The van der Waals surface area contributed by atoms with E-state index in [0.29, 0.717) is 4.47 Å². The zero-order valence-corrected chi connectivity index (χ0v) is 8.98. The van der Waals surface area contributed by atoms with Gasteiger partial charge in [0.25, 0.3) is 0 Å². The Morgan fingerprint density at radius 1 is 1.43 bits per heavy atom. The fraction of sp³-hybridized carbons (Fsp3) is 0.125. The molecule has 0 bridgehead atoms. The van der Waals surface area contributed by atoms with Crippen LogP contribution in [0.3, 0.4) is 0 Å². The van der Waals surface area contributed by atoms with E-state index in [1.165, 1.54) is 25.3 Å². The SMILES string of the molecule is COC(=O)c1cc(Br)cc(B(O)O)c1. The van der Waals surface area contributed by atoms with Gasteiger partial charge in [-0.2, -0.15) is 0 Å². The highest BCUT2D eigenvalue weighted by Gasteiger charge is 2.15. The molecule has 74 valence electrons. The molecule has 4 nitrogen and oxygen atoms in total. The molecule has 0 heterocycles. The zero-order chi connectivity index (χ0) is 10.7. The summed E-state index contributed by atoms with van der Waals surface area (Å²) < 4.78 is 5.09. The first-order valence-electron chi connectivity index (χ1n) is 3.79. The number of halogens is 1. The Morgan fingerprint density at radius 2 is 2.07 bits per heavy atom. The van der Waals surface area contributed by atoms with Crippen LogP contribution < -0.4 is 5.46 Å². The summed E-state index contributed by atoms with van der Waals surface area (Å²) in [7, 11) is -0.339. The normalized spacial score (nSPS) is 9.71. The van der Waals surface area contributed by atoms with Crippen molar-refractivity contribution in [1.29, 1.82) is 0 Å². The van der Waals surface area contributed by atoms with Crippen LogP contribution in [-0.2, 0) is 4.74 Å². The summed E-state index contributed by atoms with van der Waals surface area (Å²) in [6.45, 7) is 0. The summed E-state index contributed by atoms with van der Waals surface area (Å²) in [6, 6.07) is 4.41. The van der Waals surface area contributed by atoms with Crippen molar-refractivity contribution in [2.75, 3.05) is 7.11 Å². The van der Waals surface area contributed by atoms with Crippen molar-refractivity contribution >= 4 is 34.5 Å². The summed E-state index contributed by atoms with van der Waals surface area (Å²) in [5.41, 5.74) is 0.504. The minimum atomic E-state index is -1.60. The van der Waals surface area contributed by atoms with E-state index in [1.807, 2.05) is 0 Å². The molecule has 0 unspecified atom stereocenters. The Balaban J connectivity index is 3.13. The Morgan fingerprint density at radius 3 is 2.57 bits per heavy atom. The van der Waals surface area contributed by atoms with Crippen LogP contribution >= 0.6 is 15.9 Å². The maximum Gasteiger partial charge on any atom is 0.488 e. The first-order valence-corrected chi connectivity index (χ1v) is 4.59. The maximum atomic E-state index is 11.1. The molecule has 0 aliphatic heterocycles. The van der Waals surface area contributed by atoms with Gasteiger partial charge in [-0.1, -0.05) is 15.9 Å². The van der Waals surface area contributed by atoms with Crippen LogP contribution in [0.2, 0.25) is 0 Å². The van der Waals surface area contributed by atoms with Gasteiger partial charge in [-0.3, -0.25) is 0 Å². The molecule has 0 aliphatic rings. The van der Waals surface area contributed by atoms with Gasteiger partial charge >= 0.3 is 13.1 Å². The first kappa shape index (κ1) is 11.2. The van der Waals surface area contributed by atoms with Crippen LogP contribution in [0.25, 0.3) is 0 Å². The summed E-state index contributed by atoms with van der Waals surface area (Å²) >= 11 is 3.15. The largest absolute Gasteiger partial charge is 0.488 e. The Bertz CT molecular complexity index is 353. The van der Waals surface area contributed by atoms with Crippen molar-refractivity contribution in [3.63, 3.8) is 0 Å². The number of hydrogen-bond donors (Lipinski definition) is 2. The lowest BCUT2D eigenvalue weighted by Crippen LogP contribution is -2.30. The van der Waals surface area contributed by atoms with E-state index in [2.05, 4.69) is 20.7 Å². The van der Waals surface area contributed by atoms with Gasteiger partial charge in [0.1, 0.15) is 0 Å². The fourth-order valence-electron chi connectivity index (χ4n) is 0.997. The average Bonchev–Trinajstić information content (AvgIpc) is 2.15. The van der Waals surface area contributed by atoms with Crippen molar-refractivity contribution < 1.29 is 19.6 Å². The Labute approximate surface area is 89.8 Å². The van der Waals surface area contributed by atoms with Crippen molar-refractivity contribution in [2.24, 2.45) is 0 Å². The highest BCUT2D eigenvalue weighted by atomic mass is 79.9.